The zero-order valence-electron chi connectivity index (χ0n) is 14.1. The van der Waals surface area contributed by atoms with Crippen LogP contribution in [0.2, 0.25) is 0 Å². The van der Waals surface area contributed by atoms with Crippen LogP contribution in [0, 0.1) is 0 Å². The van der Waals surface area contributed by atoms with E-state index in [1.165, 1.54) is 20.4 Å². The van der Waals surface area contributed by atoms with Gasteiger partial charge in [0, 0.05) is 19.3 Å². The van der Waals surface area contributed by atoms with Gasteiger partial charge >= 0.3 is 0 Å². The highest BCUT2D eigenvalue weighted by molar-refractivity contribution is 5.99. The Hall–Kier alpha value is -2.77. The highest BCUT2D eigenvalue weighted by Gasteiger charge is 2.38. The summed E-state index contributed by atoms with van der Waals surface area (Å²) >= 11 is 0. The maximum absolute atomic E-state index is 12.9. The number of methoxy groups -OCH3 is 1. The van der Waals surface area contributed by atoms with Crippen molar-refractivity contribution in [2.24, 2.45) is 0 Å². The van der Waals surface area contributed by atoms with Crippen LogP contribution in [-0.4, -0.2) is 54.3 Å². The second-order valence-corrected chi connectivity index (χ2v) is 5.90. The smallest absolute Gasteiger partial charge is 0.278 e. The van der Waals surface area contributed by atoms with E-state index >= 15 is 0 Å². The third-order valence-electron chi connectivity index (χ3n) is 4.49. The number of fused-ring (bicyclic) bond motifs is 4. The van der Waals surface area contributed by atoms with Crippen LogP contribution in [0.1, 0.15) is 34.7 Å². The third kappa shape index (κ3) is 2.17. The summed E-state index contributed by atoms with van der Waals surface area (Å²) < 4.78 is 6.78. The van der Waals surface area contributed by atoms with Crippen LogP contribution in [0.5, 0.6) is 5.75 Å². The van der Waals surface area contributed by atoms with Gasteiger partial charge in [-0.2, -0.15) is 0 Å². The van der Waals surface area contributed by atoms with Gasteiger partial charge in [-0.15, -0.1) is 0 Å². The molecule has 0 saturated carbocycles. The van der Waals surface area contributed by atoms with Gasteiger partial charge in [0.1, 0.15) is 12.2 Å². The molecular formula is C16H20N4O4. The maximum Gasteiger partial charge on any atom is 0.278 e. The molecule has 8 heteroatoms. The van der Waals surface area contributed by atoms with E-state index in [9.17, 15) is 14.4 Å². The summed E-state index contributed by atoms with van der Waals surface area (Å²) in [6.45, 7) is 4.26. The number of hydrogen-bond acceptors (Lipinski definition) is 5. The first kappa shape index (κ1) is 16.1. The average molecular weight is 332 g/mol. The minimum absolute atomic E-state index is 0.0194. The summed E-state index contributed by atoms with van der Waals surface area (Å²) in [5, 5.41) is 4.35. The van der Waals surface area contributed by atoms with Gasteiger partial charge in [-0.25, -0.2) is 0 Å². The van der Waals surface area contributed by atoms with Crippen molar-refractivity contribution in [3.8, 4) is 5.75 Å². The predicted octanol–water partition coefficient (Wildman–Crippen LogP) is -0.0854. The largest absolute Gasteiger partial charge is 0.491 e. The van der Waals surface area contributed by atoms with E-state index in [0.717, 1.165) is 0 Å². The zero-order chi connectivity index (χ0) is 17.6. The molecule has 3 rings (SSSR count). The molecule has 2 amide bonds. The first-order chi connectivity index (χ1) is 11.4. The summed E-state index contributed by atoms with van der Waals surface area (Å²) in [6, 6.07) is -0.119. The molecular weight excluding hydrogens is 312 g/mol. The van der Waals surface area contributed by atoms with Gasteiger partial charge in [0.25, 0.3) is 11.8 Å². The molecule has 0 unspecified atom stereocenters. The highest BCUT2D eigenvalue weighted by atomic mass is 16.5. The highest BCUT2D eigenvalue weighted by Crippen LogP contribution is 2.26. The summed E-state index contributed by atoms with van der Waals surface area (Å²) in [5.41, 5.74) is -0.512. The van der Waals surface area contributed by atoms with Crippen LogP contribution in [0.3, 0.4) is 0 Å². The number of carbonyl (C=O) groups excluding carboxylic acids is 2. The van der Waals surface area contributed by atoms with Crippen LogP contribution in [0.15, 0.2) is 23.1 Å². The fourth-order valence-electron chi connectivity index (χ4n) is 3.05. The van der Waals surface area contributed by atoms with E-state index in [-0.39, 0.29) is 35.0 Å². The van der Waals surface area contributed by atoms with Crippen molar-refractivity contribution >= 4 is 11.8 Å². The van der Waals surface area contributed by atoms with E-state index in [1.54, 1.807) is 9.58 Å². The van der Waals surface area contributed by atoms with Gasteiger partial charge in [0.15, 0.2) is 11.4 Å². The lowest BCUT2D eigenvalue weighted by Gasteiger charge is -2.42. The fourth-order valence-corrected chi connectivity index (χ4v) is 3.05. The number of nitrogens with zero attached hydrogens (tertiary/aromatic N) is 3. The van der Waals surface area contributed by atoms with Gasteiger partial charge in [-0.05, 0) is 13.8 Å². The lowest BCUT2D eigenvalue weighted by molar-refractivity contribution is 0.0652. The Morgan fingerprint density at radius 2 is 1.92 bits per heavy atom. The number of ether oxygens (including phenoxy) is 1. The number of carbonyl (C=O) groups is 2. The number of aromatic nitrogens is 1. The summed E-state index contributed by atoms with van der Waals surface area (Å²) in [6.07, 6.45) is 5.37. The van der Waals surface area contributed by atoms with Crippen LogP contribution >= 0.6 is 0 Å². The van der Waals surface area contributed by atoms with Crippen LogP contribution in [-0.2, 0) is 0 Å². The number of rotatable bonds is 2. The molecule has 3 heterocycles. The van der Waals surface area contributed by atoms with Gasteiger partial charge in [-0.1, -0.05) is 12.2 Å². The van der Waals surface area contributed by atoms with Crippen molar-refractivity contribution in [1.82, 2.24) is 14.9 Å². The van der Waals surface area contributed by atoms with E-state index in [0.29, 0.717) is 6.67 Å². The molecule has 1 aromatic heterocycles. The Morgan fingerprint density at radius 1 is 1.25 bits per heavy atom. The molecule has 0 radical (unpaired) electrons. The SMILES string of the molecule is CNC(=O)c1cn2c(c(OC)c1=O)C(=O)N1CN2[C@H](C)C=C[C@@H]1C. The molecule has 24 heavy (non-hydrogen) atoms. The summed E-state index contributed by atoms with van der Waals surface area (Å²) in [7, 11) is 2.77. The van der Waals surface area contributed by atoms with E-state index in [4.69, 9.17) is 4.74 Å². The van der Waals surface area contributed by atoms with E-state index < -0.39 is 11.3 Å². The third-order valence-corrected chi connectivity index (χ3v) is 4.49. The average Bonchev–Trinajstić information content (AvgIpc) is 2.70. The van der Waals surface area contributed by atoms with Gasteiger partial charge in [0.05, 0.1) is 13.2 Å². The molecule has 0 fully saturated rings. The quantitative estimate of drug-likeness (QED) is 0.766. The Kier molecular flexibility index (Phi) is 3.82. The van der Waals surface area contributed by atoms with E-state index in [2.05, 4.69) is 5.32 Å². The van der Waals surface area contributed by atoms with Gasteiger partial charge in [-0.3, -0.25) is 24.1 Å². The van der Waals surface area contributed by atoms with E-state index in [1.807, 2.05) is 31.0 Å². The number of amides is 2. The van der Waals surface area contributed by atoms with Crippen molar-refractivity contribution in [3.05, 3.63) is 39.8 Å². The van der Waals surface area contributed by atoms with Crippen LogP contribution in [0.25, 0.3) is 0 Å². The molecule has 8 nitrogen and oxygen atoms in total. The van der Waals surface area contributed by atoms with Crippen molar-refractivity contribution < 1.29 is 14.3 Å². The molecule has 0 aliphatic carbocycles. The van der Waals surface area contributed by atoms with Crippen molar-refractivity contribution in [1.29, 1.82) is 0 Å². The molecule has 128 valence electrons. The van der Waals surface area contributed by atoms with Crippen molar-refractivity contribution in [2.75, 3.05) is 25.8 Å². The minimum Gasteiger partial charge on any atom is -0.491 e. The van der Waals surface area contributed by atoms with Crippen LogP contribution in [0.4, 0.5) is 0 Å². The first-order valence-electron chi connectivity index (χ1n) is 7.72. The lowest BCUT2D eigenvalue weighted by Crippen LogP contribution is -2.57. The maximum atomic E-state index is 12.9. The normalized spacial score (nSPS) is 22.1. The van der Waals surface area contributed by atoms with Crippen LogP contribution < -0.4 is 20.5 Å². The topological polar surface area (TPSA) is 83.9 Å². The Bertz CT molecular complexity index is 798. The molecule has 2 atom stereocenters. The molecule has 2 aliphatic rings. The molecule has 0 spiro atoms. The minimum atomic E-state index is -0.592. The zero-order valence-corrected chi connectivity index (χ0v) is 14.1. The fraction of sp³-hybridized carbons (Fsp3) is 0.438. The summed E-state index contributed by atoms with van der Waals surface area (Å²) in [5.74, 6) is -0.929. The van der Waals surface area contributed by atoms with Gasteiger partial charge in [0.2, 0.25) is 5.43 Å². The summed E-state index contributed by atoms with van der Waals surface area (Å²) in [4.78, 5) is 39.2. The second kappa shape index (κ2) is 5.70. The molecule has 0 aromatic carbocycles. The monoisotopic (exact) mass is 332 g/mol. The van der Waals surface area contributed by atoms with Crippen molar-refractivity contribution in [3.63, 3.8) is 0 Å². The standard InChI is InChI=1S/C16H20N4O4/c1-9-5-6-10(2)20-8-18(9)16(23)12-14(24-4)13(21)11(7-19(12)20)15(22)17-3/h5-7,9-10H,8H2,1-4H3,(H,17,22)/t9-,10+/m0/s1. The first-order valence-corrected chi connectivity index (χ1v) is 7.72. The van der Waals surface area contributed by atoms with Crippen molar-refractivity contribution in [2.45, 2.75) is 25.9 Å². The van der Waals surface area contributed by atoms with Gasteiger partial charge < -0.3 is 15.0 Å². The Labute approximate surface area is 139 Å². The molecule has 0 saturated heterocycles. The second-order valence-electron chi connectivity index (χ2n) is 5.90. The lowest BCUT2D eigenvalue weighted by atomic mass is 10.1. The Morgan fingerprint density at radius 3 is 2.54 bits per heavy atom. The molecule has 2 aliphatic heterocycles. The molecule has 2 bridgehead atoms. The predicted molar refractivity (Wildman–Crippen MR) is 88.0 cm³/mol. The molecule has 1 aromatic rings. The number of hydrogen-bond donors (Lipinski definition) is 1. The Balaban J connectivity index is 2.31. The molecule has 1 N–H and O–H groups in total. The number of nitrogens with one attached hydrogen (secondary N) is 1. The number of pyridine rings is 1.